The summed E-state index contributed by atoms with van der Waals surface area (Å²) in [7, 11) is 0. The number of aromatic nitrogens is 2. The summed E-state index contributed by atoms with van der Waals surface area (Å²) in [4.78, 5) is 31.5. The molecule has 0 radical (unpaired) electrons. The van der Waals surface area contributed by atoms with Gasteiger partial charge in [-0.25, -0.2) is 15.8 Å². The number of nitrogens with two attached hydrogens (primary N) is 1. The zero-order valence-electron chi connectivity index (χ0n) is 13.5. The summed E-state index contributed by atoms with van der Waals surface area (Å²) in [6.07, 6.45) is 0.308. The summed E-state index contributed by atoms with van der Waals surface area (Å²) in [6.45, 7) is 7.64. The number of rotatable bonds is 4. The van der Waals surface area contributed by atoms with Crippen LogP contribution in [0.4, 0.5) is 0 Å². The van der Waals surface area contributed by atoms with Gasteiger partial charge >= 0.3 is 5.97 Å². The van der Waals surface area contributed by atoms with Crippen LogP contribution in [-0.4, -0.2) is 27.0 Å². The molecule has 2 rings (SSSR count). The lowest BCUT2D eigenvalue weighted by Gasteiger charge is -1.96. The van der Waals surface area contributed by atoms with Gasteiger partial charge in [-0.05, 0) is 27.7 Å². The highest BCUT2D eigenvalue weighted by molar-refractivity contribution is 7.11. The van der Waals surface area contributed by atoms with Crippen LogP contribution in [0, 0.1) is 27.7 Å². The van der Waals surface area contributed by atoms with Crippen LogP contribution in [0.25, 0.3) is 0 Å². The van der Waals surface area contributed by atoms with Gasteiger partial charge < -0.3 is 5.11 Å². The van der Waals surface area contributed by atoms with E-state index in [-0.39, 0.29) is 18.7 Å². The highest BCUT2D eigenvalue weighted by Crippen LogP contribution is 2.17. The number of thiazole rings is 2. The molecule has 23 heavy (non-hydrogen) atoms. The number of nitrogens with zero attached hydrogens (tertiary/aromatic N) is 2. The molecular weight excluding hydrogens is 336 g/mol. The molecule has 126 valence electrons. The van der Waals surface area contributed by atoms with E-state index < -0.39 is 5.97 Å². The summed E-state index contributed by atoms with van der Waals surface area (Å²) in [5.74, 6) is 3.93. The number of aliphatic carboxylic acids is 1. The number of amides is 1. The number of hydrazine groups is 1. The predicted molar refractivity (Wildman–Crippen MR) is 90.5 cm³/mol. The summed E-state index contributed by atoms with van der Waals surface area (Å²) in [5, 5.41) is 10.4. The van der Waals surface area contributed by atoms with Gasteiger partial charge in [-0.15, -0.1) is 22.7 Å². The van der Waals surface area contributed by atoms with Crippen molar-refractivity contribution in [2.24, 2.45) is 5.84 Å². The Kier molecular flexibility index (Phi) is 7.27. The van der Waals surface area contributed by atoms with Gasteiger partial charge in [0.1, 0.15) is 0 Å². The van der Waals surface area contributed by atoms with Gasteiger partial charge in [0.25, 0.3) is 0 Å². The van der Waals surface area contributed by atoms with Crippen LogP contribution < -0.4 is 11.3 Å². The Balaban J connectivity index is 0.000000231. The van der Waals surface area contributed by atoms with E-state index in [4.69, 9.17) is 10.9 Å². The maximum absolute atomic E-state index is 10.9. The minimum absolute atomic E-state index is 0.0379. The highest BCUT2D eigenvalue weighted by atomic mass is 32.1. The topological polar surface area (TPSA) is 118 Å². The van der Waals surface area contributed by atoms with Crippen molar-refractivity contribution in [1.82, 2.24) is 15.4 Å². The Morgan fingerprint density at radius 2 is 1.43 bits per heavy atom. The normalized spacial score (nSPS) is 9.96. The number of carboxylic acid groups (broad SMARTS) is 1. The lowest BCUT2D eigenvalue weighted by atomic mass is 10.3. The third-order valence-corrected chi connectivity index (χ3v) is 4.66. The number of carbonyl (C=O) groups is 2. The minimum atomic E-state index is -0.821. The molecule has 0 aliphatic rings. The molecule has 2 aromatic heterocycles. The number of nitrogens with one attached hydrogen (secondary N) is 1. The van der Waals surface area contributed by atoms with Crippen LogP contribution in [0.1, 0.15) is 31.2 Å². The molecule has 0 aliphatic carbocycles. The second-order valence-electron chi connectivity index (χ2n) is 4.79. The number of carboxylic acids is 1. The quantitative estimate of drug-likeness (QED) is 0.436. The fourth-order valence-electron chi connectivity index (χ4n) is 1.82. The van der Waals surface area contributed by atoms with Crippen molar-refractivity contribution in [2.75, 3.05) is 0 Å². The van der Waals surface area contributed by atoms with Crippen molar-refractivity contribution >= 4 is 34.6 Å². The number of hydrogen-bond acceptors (Lipinski definition) is 7. The Labute approximate surface area is 142 Å². The zero-order valence-corrected chi connectivity index (χ0v) is 15.1. The van der Waals surface area contributed by atoms with E-state index in [0.29, 0.717) is 5.69 Å². The molecular formula is C14H20N4O3S2. The summed E-state index contributed by atoms with van der Waals surface area (Å²) >= 11 is 3.13. The Hall–Kier alpha value is -1.84. The van der Waals surface area contributed by atoms with Gasteiger partial charge in [-0.2, -0.15) is 0 Å². The van der Waals surface area contributed by atoms with Crippen molar-refractivity contribution in [3.05, 3.63) is 31.2 Å². The molecule has 2 heterocycles. The second-order valence-corrected chi connectivity index (χ2v) is 7.60. The number of aryl methyl sites for hydroxylation is 4. The molecule has 9 heteroatoms. The average Bonchev–Trinajstić information content (AvgIpc) is 2.91. The van der Waals surface area contributed by atoms with E-state index in [9.17, 15) is 9.59 Å². The van der Waals surface area contributed by atoms with Crippen molar-refractivity contribution in [2.45, 2.75) is 40.5 Å². The SMILES string of the molecule is Cc1nc(CC(=O)NN)c(C)s1.Cc1nc(CC(=O)O)c(C)s1. The summed E-state index contributed by atoms with van der Waals surface area (Å²) in [6, 6.07) is 0. The van der Waals surface area contributed by atoms with E-state index in [1.807, 2.05) is 27.7 Å². The fourth-order valence-corrected chi connectivity index (χ4v) is 3.49. The molecule has 2 aromatic rings. The third kappa shape index (κ3) is 6.43. The van der Waals surface area contributed by atoms with Crippen molar-refractivity contribution in [3.63, 3.8) is 0 Å². The second kappa shape index (κ2) is 8.70. The third-order valence-electron chi connectivity index (χ3n) is 2.81. The minimum Gasteiger partial charge on any atom is -0.481 e. The van der Waals surface area contributed by atoms with Gasteiger partial charge in [0.2, 0.25) is 5.91 Å². The number of hydrogen-bond donors (Lipinski definition) is 3. The Bertz CT molecular complexity index is 694. The van der Waals surface area contributed by atoms with Crippen LogP contribution >= 0.6 is 22.7 Å². The Morgan fingerprint density at radius 1 is 1.00 bits per heavy atom. The molecule has 7 nitrogen and oxygen atoms in total. The maximum atomic E-state index is 10.9. The van der Waals surface area contributed by atoms with E-state index in [2.05, 4.69) is 15.4 Å². The maximum Gasteiger partial charge on any atom is 0.309 e. The van der Waals surface area contributed by atoms with Gasteiger partial charge in [0, 0.05) is 9.75 Å². The van der Waals surface area contributed by atoms with E-state index >= 15 is 0 Å². The van der Waals surface area contributed by atoms with Gasteiger partial charge in [-0.3, -0.25) is 15.0 Å². The molecule has 4 N–H and O–H groups in total. The first kappa shape index (κ1) is 19.2. The molecule has 0 saturated carbocycles. The lowest BCUT2D eigenvalue weighted by Crippen LogP contribution is -2.31. The van der Waals surface area contributed by atoms with Crippen LogP contribution in [0.2, 0.25) is 0 Å². The molecule has 0 fully saturated rings. The monoisotopic (exact) mass is 356 g/mol. The average molecular weight is 356 g/mol. The first-order chi connectivity index (χ1) is 10.7. The first-order valence-electron chi connectivity index (χ1n) is 6.80. The molecule has 0 atom stereocenters. The summed E-state index contributed by atoms with van der Waals surface area (Å²) in [5.41, 5.74) is 3.59. The molecule has 0 saturated heterocycles. The smallest absolute Gasteiger partial charge is 0.309 e. The zero-order chi connectivity index (χ0) is 17.6. The van der Waals surface area contributed by atoms with E-state index in [0.717, 1.165) is 25.5 Å². The Morgan fingerprint density at radius 3 is 1.74 bits per heavy atom. The van der Waals surface area contributed by atoms with Crippen molar-refractivity contribution in [1.29, 1.82) is 0 Å². The highest BCUT2D eigenvalue weighted by Gasteiger charge is 2.09. The number of carbonyl (C=O) groups excluding carboxylic acids is 1. The van der Waals surface area contributed by atoms with Crippen molar-refractivity contribution < 1.29 is 14.7 Å². The van der Waals surface area contributed by atoms with Crippen LogP contribution in [-0.2, 0) is 22.4 Å². The van der Waals surface area contributed by atoms with Crippen molar-refractivity contribution in [3.8, 4) is 0 Å². The van der Waals surface area contributed by atoms with E-state index in [1.165, 1.54) is 11.3 Å². The standard InChI is InChI=1S/C7H11N3OS.C7H9NO2S/c1-4-6(3-7(11)10-8)9-5(2)12-4;1-4-6(3-7(9)10)8-5(2)11-4/h3,8H2,1-2H3,(H,10,11);3H2,1-2H3,(H,9,10). The van der Waals surface area contributed by atoms with Crippen LogP contribution in [0.5, 0.6) is 0 Å². The first-order valence-corrected chi connectivity index (χ1v) is 8.43. The van der Waals surface area contributed by atoms with Gasteiger partial charge in [0.15, 0.2) is 0 Å². The van der Waals surface area contributed by atoms with Gasteiger partial charge in [-0.1, -0.05) is 0 Å². The van der Waals surface area contributed by atoms with Crippen LogP contribution in [0.3, 0.4) is 0 Å². The van der Waals surface area contributed by atoms with E-state index in [1.54, 1.807) is 11.3 Å². The molecule has 0 aromatic carbocycles. The molecule has 1 amide bonds. The van der Waals surface area contributed by atoms with Gasteiger partial charge in [0.05, 0.1) is 34.2 Å². The fraction of sp³-hybridized carbons (Fsp3) is 0.429. The molecule has 0 unspecified atom stereocenters. The lowest BCUT2D eigenvalue weighted by molar-refractivity contribution is -0.136. The van der Waals surface area contributed by atoms with Crippen LogP contribution in [0.15, 0.2) is 0 Å². The molecule has 0 bridgehead atoms. The largest absolute Gasteiger partial charge is 0.481 e. The summed E-state index contributed by atoms with van der Waals surface area (Å²) < 4.78 is 0. The molecule has 0 spiro atoms. The molecule has 0 aliphatic heterocycles. The predicted octanol–water partition coefficient (Wildman–Crippen LogP) is 1.68.